The molecule has 2 aromatic rings. The van der Waals surface area contributed by atoms with Crippen molar-refractivity contribution in [1.82, 2.24) is 4.90 Å². The van der Waals surface area contributed by atoms with E-state index in [0.717, 1.165) is 17.5 Å². The molecule has 0 heterocycles. The highest BCUT2D eigenvalue weighted by atomic mass is 16.1. The molecule has 0 N–H and O–H groups in total. The number of aryl methyl sites for hydroxylation is 1. The number of nitrogens with zero attached hydrogens (tertiary/aromatic N) is 1. The van der Waals surface area contributed by atoms with Gasteiger partial charge in [-0.25, -0.2) is 0 Å². The molecule has 0 radical (unpaired) electrons. The van der Waals surface area contributed by atoms with Gasteiger partial charge in [0.15, 0.2) is 5.78 Å². The Kier molecular flexibility index (Phi) is 7.70. The summed E-state index contributed by atoms with van der Waals surface area (Å²) in [4.78, 5) is 14.6. The van der Waals surface area contributed by atoms with Crippen molar-refractivity contribution < 1.29 is 4.79 Å². The maximum absolute atomic E-state index is 12.4. The second kappa shape index (κ2) is 10.0. The van der Waals surface area contributed by atoms with Crippen LogP contribution in [0.2, 0.25) is 0 Å². The summed E-state index contributed by atoms with van der Waals surface area (Å²) in [7, 11) is 4.26. The van der Waals surface area contributed by atoms with Crippen molar-refractivity contribution in [2.75, 3.05) is 20.6 Å². The monoisotopic (exact) mass is 323 g/mol. The van der Waals surface area contributed by atoms with Crippen molar-refractivity contribution in [3.8, 4) is 0 Å². The first-order valence-electron chi connectivity index (χ1n) is 9.00. The summed E-state index contributed by atoms with van der Waals surface area (Å²) in [6.45, 7) is 1.19. The van der Waals surface area contributed by atoms with Gasteiger partial charge < -0.3 is 4.90 Å². The molecular weight excluding hydrogens is 294 g/mol. The smallest absolute Gasteiger partial charge is 0.193 e. The Morgan fingerprint density at radius 2 is 1.33 bits per heavy atom. The molecule has 0 amide bonds. The van der Waals surface area contributed by atoms with Crippen LogP contribution in [0.3, 0.4) is 0 Å². The molecule has 128 valence electrons. The highest BCUT2D eigenvalue weighted by Gasteiger charge is 2.07. The fraction of sp³-hybridized carbons (Fsp3) is 0.409. The fourth-order valence-electron chi connectivity index (χ4n) is 2.87. The molecule has 0 spiro atoms. The normalized spacial score (nSPS) is 11.0. The summed E-state index contributed by atoms with van der Waals surface area (Å²) in [5.41, 5.74) is 2.85. The Morgan fingerprint density at radius 1 is 0.750 bits per heavy atom. The second-order valence-corrected chi connectivity index (χ2v) is 6.71. The Labute approximate surface area is 146 Å². The molecule has 0 aromatic heterocycles. The molecule has 24 heavy (non-hydrogen) atoms. The molecule has 2 nitrogen and oxygen atoms in total. The van der Waals surface area contributed by atoms with E-state index in [0.29, 0.717) is 0 Å². The summed E-state index contributed by atoms with van der Waals surface area (Å²) < 4.78 is 0. The number of carbonyl (C=O) groups excluding carboxylic acids is 1. The summed E-state index contributed by atoms with van der Waals surface area (Å²) in [6, 6.07) is 17.6. The van der Waals surface area contributed by atoms with Crippen LogP contribution in [0.15, 0.2) is 54.6 Å². The van der Waals surface area contributed by atoms with Gasteiger partial charge >= 0.3 is 0 Å². The maximum atomic E-state index is 12.4. The molecule has 0 bridgehead atoms. The van der Waals surface area contributed by atoms with E-state index in [1.165, 1.54) is 44.2 Å². The van der Waals surface area contributed by atoms with Crippen molar-refractivity contribution in [3.05, 3.63) is 71.3 Å². The molecule has 0 aliphatic heterocycles. The van der Waals surface area contributed by atoms with Gasteiger partial charge in [0.25, 0.3) is 0 Å². The largest absolute Gasteiger partial charge is 0.309 e. The second-order valence-electron chi connectivity index (χ2n) is 6.71. The van der Waals surface area contributed by atoms with Gasteiger partial charge in [-0.2, -0.15) is 0 Å². The van der Waals surface area contributed by atoms with Crippen molar-refractivity contribution in [1.29, 1.82) is 0 Å². The van der Waals surface area contributed by atoms with Crippen LogP contribution in [0, 0.1) is 0 Å². The van der Waals surface area contributed by atoms with Gasteiger partial charge in [0.05, 0.1) is 0 Å². The average molecular weight is 323 g/mol. The number of hydrogen-bond acceptors (Lipinski definition) is 2. The Balaban J connectivity index is 1.71. The summed E-state index contributed by atoms with van der Waals surface area (Å²) in [6.07, 6.45) is 7.56. The minimum atomic E-state index is 0.100. The maximum Gasteiger partial charge on any atom is 0.193 e. The van der Waals surface area contributed by atoms with E-state index in [1.807, 2.05) is 42.5 Å². The SMILES string of the molecule is CN(C)CCCCCCCc1ccc(C(=O)c2ccccc2)cc1. The number of benzene rings is 2. The van der Waals surface area contributed by atoms with E-state index in [-0.39, 0.29) is 5.78 Å². The predicted octanol–water partition coefficient (Wildman–Crippen LogP) is 4.97. The van der Waals surface area contributed by atoms with E-state index >= 15 is 0 Å². The van der Waals surface area contributed by atoms with E-state index in [9.17, 15) is 4.79 Å². The highest BCUT2D eigenvalue weighted by molar-refractivity contribution is 6.08. The van der Waals surface area contributed by atoms with Crippen molar-refractivity contribution in [2.24, 2.45) is 0 Å². The van der Waals surface area contributed by atoms with Crippen LogP contribution in [0.5, 0.6) is 0 Å². The molecule has 0 atom stereocenters. The zero-order valence-electron chi connectivity index (χ0n) is 15.0. The number of unbranched alkanes of at least 4 members (excludes halogenated alkanes) is 4. The van der Waals surface area contributed by atoms with Crippen LogP contribution in [0.1, 0.15) is 53.6 Å². The van der Waals surface area contributed by atoms with Gasteiger partial charge in [-0.1, -0.05) is 73.9 Å². The van der Waals surface area contributed by atoms with Crippen LogP contribution < -0.4 is 0 Å². The third kappa shape index (κ3) is 6.29. The van der Waals surface area contributed by atoms with E-state index < -0.39 is 0 Å². The molecule has 0 saturated heterocycles. The predicted molar refractivity (Wildman–Crippen MR) is 102 cm³/mol. The van der Waals surface area contributed by atoms with Crippen LogP contribution >= 0.6 is 0 Å². The first kappa shape index (κ1) is 18.4. The zero-order chi connectivity index (χ0) is 17.2. The summed E-state index contributed by atoms with van der Waals surface area (Å²) in [5, 5.41) is 0. The lowest BCUT2D eigenvalue weighted by Crippen LogP contribution is -2.12. The molecule has 2 heteroatoms. The molecule has 2 aromatic carbocycles. The lowest BCUT2D eigenvalue weighted by Gasteiger charge is -2.08. The third-order valence-electron chi connectivity index (χ3n) is 4.32. The van der Waals surface area contributed by atoms with Crippen LogP contribution in [0.4, 0.5) is 0 Å². The van der Waals surface area contributed by atoms with E-state index in [2.05, 4.69) is 31.1 Å². The van der Waals surface area contributed by atoms with Crippen molar-refractivity contribution >= 4 is 5.78 Å². The van der Waals surface area contributed by atoms with Crippen molar-refractivity contribution in [3.63, 3.8) is 0 Å². The van der Waals surface area contributed by atoms with Crippen LogP contribution in [-0.2, 0) is 6.42 Å². The topological polar surface area (TPSA) is 20.3 Å². The Hall–Kier alpha value is -1.93. The van der Waals surface area contributed by atoms with Gasteiger partial charge in [-0.05, 0) is 45.5 Å². The number of rotatable bonds is 10. The average Bonchev–Trinajstić information content (AvgIpc) is 2.61. The van der Waals surface area contributed by atoms with Gasteiger partial charge in [-0.15, -0.1) is 0 Å². The van der Waals surface area contributed by atoms with Gasteiger partial charge in [0, 0.05) is 11.1 Å². The van der Waals surface area contributed by atoms with Crippen LogP contribution in [-0.4, -0.2) is 31.3 Å². The standard InChI is InChI=1S/C22H29NO/c1-23(2)18-10-5-3-4-7-11-19-14-16-21(17-15-19)22(24)20-12-8-6-9-13-20/h6,8-9,12-17H,3-5,7,10-11,18H2,1-2H3. The van der Waals surface area contributed by atoms with Crippen LogP contribution in [0.25, 0.3) is 0 Å². The minimum absolute atomic E-state index is 0.100. The Morgan fingerprint density at radius 3 is 2.00 bits per heavy atom. The molecule has 0 unspecified atom stereocenters. The minimum Gasteiger partial charge on any atom is -0.309 e. The quantitative estimate of drug-likeness (QED) is 0.454. The first-order chi connectivity index (χ1) is 11.7. The van der Waals surface area contributed by atoms with Gasteiger partial charge in [-0.3, -0.25) is 4.79 Å². The molecule has 0 saturated carbocycles. The number of carbonyl (C=O) groups is 1. The molecule has 2 rings (SSSR count). The van der Waals surface area contributed by atoms with Crippen molar-refractivity contribution in [2.45, 2.75) is 38.5 Å². The Bertz CT molecular complexity index is 602. The van der Waals surface area contributed by atoms with Gasteiger partial charge in [0.2, 0.25) is 0 Å². The van der Waals surface area contributed by atoms with E-state index in [4.69, 9.17) is 0 Å². The summed E-state index contributed by atoms with van der Waals surface area (Å²) in [5.74, 6) is 0.100. The van der Waals surface area contributed by atoms with E-state index in [1.54, 1.807) is 0 Å². The highest BCUT2D eigenvalue weighted by Crippen LogP contribution is 2.13. The van der Waals surface area contributed by atoms with Gasteiger partial charge in [0.1, 0.15) is 0 Å². The molecule has 0 fully saturated rings. The number of hydrogen-bond donors (Lipinski definition) is 0. The lowest BCUT2D eigenvalue weighted by molar-refractivity contribution is 0.103. The number of ketones is 1. The lowest BCUT2D eigenvalue weighted by atomic mass is 10.00. The molecule has 0 aliphatic carbocycles. The summed E-state index contributed by atoms with van der Waals surface area (Å²) >= 11 is 0. The molecule has 0 aliphatic rings. The zero-order valence-corrected chi connectivity index (χ0v) is 15.0. The molecular formula is C22H29NO. The third-order valence-corrected chi connectivity index (χ3v) is 4.32. The first-order valence-corrected chi connectivity index (χ1v) is 9.00. The fourth-order valence-corrected chi connectivity index (χ4v) is 2.87.